The molecule has 0 aliphatic heterocycles. The maximum absolute atomic E-state index is 11.8. The molecule has 0 unspecified atom stereocenters. The van der Waals surface area contributed by atoms with Crippen LogP contribution in [0.15, 0.2) is 4.99 Å². The molecule has 1 amide bonds. The highest BCUT2D eigenvalue weighted by molar-refractivity contribution is 5.80. The summed E-state index contributed by atoms with van der Waals surface area (Å²) < 4.78 is 0. The number of aliphatic imine (C=N–C) groups is 1. The average molecular weight is 310 g/mol. The summed E-state index contributed by atoms with van der Waals surface area (Å²) in [6.07, 6.45) is 9.30. The van der Waals surface area contributed by atoms with E-state index in [0.717, 1.165) is 32.0 Å². The summed E-state index contributed by atoms with van der Waals surface area (Å²) in [7, 11) is 0. The molecule has 0 aromatic rings. The molecular weight excluding hydrogens is 276 g/mol. The number of nitrogens with zero attached hydrogens (tertiary/aromatic N) is 1. The number of nitrogens with one attached hydrogen (secondary N) is 3. The fourth-order valence-corrected chi connectivity index (χ4v) is 2.83. The molecule has 1 saturated carbocycles. The Morgan fingerprint density at radius 2 is 1.77 bits per heavy atom. The Morgan fingerprint density at radius 1 is 1.05 bits per heavy atom. The second kappa shape index (κ2) is 12.3. The SMILES string of the molecule is CCCCCN=C(NCC)NCCNC(=O)CC1CCCC1. The van der Waals surface area contributed by atoms with Gasteiger partial charge in [-0.2, -0.15) is 0 Å². The lowest BCUT2D eigenvalue weighted by molar-refractivity contribution is -0.121. The van der Waals surface area contributed by atoms with E-state index in [0.29, 0.717) is 18.9 Å². The minimum atomic E-state index is 0.193. The van der Waals surface area contributed by atoms with Gasteiger partial charge in [0.1, 0.15) is 0 Å². The summed E-state index contributed by atoms with van der Waals surface area (Å²) in [4.78, 5) is 16.4. The lowest BCUT2D eigenvalue weighted by Crippen LogP contribution is -2.41. The number of unbranched alkanes of at least 4 members (excludes halogenated alkanes) is 2. The predicted octanol–water partition coefficient (Wildman–Crippen LogP) is 2.43. The van der Waals surface area contributed by atoms with Gasteiger partial charge in [0, 0.05) is 32.6 Å². The topological polar surface area (TPSA) is 65.5 Å². The van der Waals surface area contributed by atoms with Crippen LogP contribution in [0, 0.1) is 5.92 Å². The van der Waals surface area contributed by atoms with Crippen LogP contribution in [0.25, 0.3) is 0 Å². The standard InChI is InChI=1S/C17H34N4O/c1-3-5-8-11-20-17(18-4-2)21-13-12-19-16(22)14-15-9-6-7-10-15/h15H,3-14H2,1-2H3,(H,19,22)(H2,18,20,21). The van der Waals surface area contributed by atoms with Crippen molar-refractivity contribution in [1.82, 2.24) is 16.0 Å². The minimum Gasteiger partial charge on any atom is -0.357 e. The van der Waals surface area contributed by atoms with Crippen LogP contribution in [-0.2, 0) is 4.79 Å². The summed E-state index contributed by atoms with van der Waals surface area (Å²) >= 11 is 0. The molecule has 1 fully saturated rings. The first-order valence-electron chi connectivity index (χ1n) is 9.05. The Kier molecular flexibility index (Phi) is 10.5. The number of guanidine groups is 1. The molecule has 1 aliphatic rings. The van der Waals surface area contributed by atoms with Crippen LogP contribution in [-0.4, -0.2) is 38.0 Å². The number of carbonyl (C=O) groups excluding carboxylic acids is 1. The van der Waals surface area contributed by atoms with E-state index in [2.05, 4.69) is 34.8 Å². The van der Waals surface area contributed by atoms with Crippen molar-refractivity contribution in [3.63, 3.8) is 0 Å². The van der Waals surface area contributed by atoms with Crippen molar-refractivity contribution in [2.75, 3.05) is 26.2 Å². The Morgan fingerprint density at radius 3 is 2.45 bits per heavy atom. The molecule has 0 bridgehead atoms. The van der Waals surface area contributed by atoms with Crippen LogP contribution in [0.3, 0.4) is 0 Å². The number of rotatable bonds is 10. The zero-order chi connectivity index (χ0) is 16.0. The van der Waals surface area contributed by atoms with Gasteiger partial charge < -0.3 is 16.0 Å². The van der Waals surface area contributed by atoms with Crippen molar-refractivity contribution in [2.24, 2.45) is 10.9 Å². The second-order valence-electron chi connectivity index (χ2n) is 6.10. The van der Waals surface area contributed by atoms with Crippen molar-refractivity contribution in [3.8, 4) is 0 Å². The molecule has 0 heterocycles. The molecule has 1 rings (SSSR count). The maximum atomic E-state index is 11.8. The largest absolute Gasteiger partial charge is 0.357 e. The molecule has 128 valence electrons. The molecule has 0 aromatic carbocycles. The third kappa shape index (κ3) is 8.90. The van der Waals surface area contributed by atoms with Crippen LogP contribution < -0.4 is 16.0 Å². The quantitative estimate of drug-likeness (QED) is 0.330. The summed E-state index contributed by atoms with van der Waals surface area (Å²) in [6.45, 7) is 7.35. The van der Waals surface area contributed by atoms with Gasteiger partial charge in [0.25, 0.3) is 0 Å². The smallest absolute Gasteiger partial charge is 0.220 e. The van der Waals surface area contributed by atoms with Crippen molar-refractivity contribution >= 4 is 11.9 Å². The zero-order valence-corrected chi connectivity index (χ0v) is 14.4. The summed E-state index contributed by atoms with van der Waals surface area (Å²) in [6, 6.07) is 0. The molecule has 5 heteroatoms. The monoisotopic (exact) mass is 310 g/mol. The molecular formula is C17H34N4O. The van der Waals surface area contributed by atoms with E-state index in [1.807, 2.05) is 0 Å². The van der Waals surface area contributed by atoms with E-state index >= 15 is 0 Å². The molecule has 0 saturated heterocycles. The van der Waals surface area contributed by atoms with Crippen molar-refractivity contribution in [2.45, 2.75) is 65.2 Å². The van der Waals surface area contributed by atoms with E-state index in [1.165, 1.54) is 38.5 Å². The number of hydrogen-bond acceptors (Lipinski definition) is 2. The first kappa shape index (κ1) is 18.8. The number of carbonyl (C=O) groups is 1. The molecule has 0 aromatic heterocycles. The summed E-state index contributed by atoms with van der Waals surface area (Å²) in [5, 5.41) is 9.50. The molecule has 22 heavy (non-hydrogen) atoms. The van der Waals surface area contributed by atoms with Crippen LogP contribution >= 0.6 is 0 Å². The predicted molar refractivity (Wildman–Crippen MR) is 93.1 cm³/mol. The van der Waals surface area contributed by atoms with Crippen LogP contribution in [0.1, 0.15) is 65.2 Å². The fourth-order valence-electron chi connectivity index (χ4n) is 2.83. The third-order valence-electron chi connectivity index (χ3n) is 4.06. The Bertz CT molecular complexity index is 325. The van der Waals surface area contributed by atoms with Crippen LogP contribution in [0.2, 0.25) is 0 Å². The molecule has 5 nitrogen and oxygen atoms in total. The van der Waals surface area contributed by atoms with Gasteiger partial charge in [-0.15, -0.1) is 0 Å². The van der Waals surface area contributed by atoms with Crippen LogP contribution in [0.4, 0.5) is 0 Å². The number of hydrogen-bond donors (Lipinski definition) is 3. The lowest BCUT2D eigenvalue weighted by atomic mass is 10.0. The first-order valence-corrected chi connectivity index (χ1v) is 9.05. The number of amides is 1. The normalized spacial score (nSPS) is 15.8. The van der Waals surface area contributed by atoms with Gasteiger partial charge in [-0.3, -0.25) is 9.79 Å². The van der Waals surface area contributed by atoms with Crippen molar-refractivity contribution in [3.05, 3.63) is 0 Å². The van der Waals surface area contributed by atoms with Gasteiger partial charge in [-0.25, -0.2) is 0 Å². The van der Waals surface area contributed by atoms with Crippen molar-refractivity contribution in [1.29, 1.82) is 0 Å². The molecule has 1 aliphatic carbocycles. The van der Waals surface area contributed by atoms with E-state index in [4.69, 9.17) is 0 Å². The average Bonchev–Trinajstić information content (AvgIpc) is 3.00. The second-order valence-corrected chi connectivity index (χ2v) is 6.10. The Balaban J connectivity index is 2.11. The summed E-state index contributed by atoms with van der Waals surface area (Å²) in [5.74, 6) is 1.66. The van der Waals surface area contributed by atoms with E-state index in [9.17, 15) is 4.79 Å². The van der Waals surface area contributed by atoms with Gasteiger partial charge in [0.05, 0.1) is 0 Å². The molecule has 3 N–H and O–H groups in total. The highest BCUT2D eigenvalue weighted by Crippen LogP contribution is 2.27. The third-order valence-corrected chi connectivity index (χ3v) is 4.06. The first-order chi connectivity index (χ1) is 10.8. The van der Waals surface area contributed by atoms with Gasteiger partial charge in [0.2, 0.25) is 5.91 Å². The highest BCUT2D eigenvalue weighted by Gasteiger charge is 2.17. The summed E-state index contributed by atoms with van der Waals surface area (Å²) in [5.41, 5.74) is 0. The Hall–Kier alpha value is -1.26. The molecule has 0 spiro atoms. The van der Waals surface area contributed by atoms with Crippen LogP contribution in [0.5, 0.6) is 0 Å². The van der Waals surface area contributed by atoms with Gasteiger partial charge in [0.15, 0.2) is 5.96 Å². The van der Waals surface area contributed by atoms with Crippen molar-refractivity contribution < 1.29 is 4.79 Å². The zero-order valence-electron chi connectivity index (χ0n) is 14.4. The van der Waals surface area contributed by atoms with E-state index in [1.54, 1.807) is 0 Å². The van der Waals surface area contributed by atoms with Gasteiger partial charge in [-0.1, -0.05) is 32.6 Å². The molecule has 0 atom stereocenters. The highest BCUT2D eigenvalue weighted by atomic mass is 16.1. The minimum absolute atomic E-state index is 0.193. The fraction of sp³-hybridized carbons (Fsp3) is 0.882. The van der Waals surface area contributed by atoms with Gasteiger partial charge in [-0.05, 0) is 32.1 Å². The van der Waals surface area contributed by atoms with E-state index in [-0.39, 0.29) is 5.91 Å². The molecule has 0 radical (unpaired) electrons. The van der Waals surface area contributed by atoms with Gasteiger partial charge >= 0.3 is 0 Å². The Labute approximate surface area is 135 Å². The van der Waals surface area contributed by atoms with E-state index < -0.39 is 0 Å². The maximum Gasteiger partial charge on any atom is 0.220 e. The lowest BCUT2D eigenvalue weighted by Gasteiger charge is -2.13.